The first-order valence-corrected chi connectivity index (χ1v) is 5.06. The Morgan fingerprint density at radius 3 is 2.80 bits per heavy atom. The third-order valence-corrected chi connectivity index (χ3v) is 2.62. The molecule has 2 rings (SSSR count). The molecule has 1 N–H and O–H groups in total. The standard InChI is InChI=1S/C13H14O2/c1-13(2,15)12(14)11-8-4-6-9-5-3-7-10(9)11/h3-4,6-8,15H,5H2,1-2H3. The highest BCUT2D eigenvalue weighted by molar-refractivity contribution is 6.05. The van der Waals surface area contributed by atoms with Crippen LogP contribution >= 0.6 is 0 Å². The molecular weight excluding hydrogens is 188 g/mol. The molecule has 1 aliphatic rings. The van der Waals surface area contributed by atoms with Crippen molar-refractivity contribution in [3.63, 3.8) is 0 Å². The van der Waals surface area contributed by atoms with E-state index in [2.05, 4.69) is 0 Å². The molecule has 1 aliphatic carbocycles. The number of fused-ring (bicyclic) bond motifs is 1. The summed E-state index contributed by atoms with van der Waals surface area (Å²) in [6.45, 7) is 3.04. The van der Waals surface area contributed by atoms with Gasteiger partial charge >= 0.3 is 0 Å². The predicted octanol–water partition coefficient (Wildman–Crippen LogP) is 2.21. The molecule has 1 aromatic rings. The van der Waals surface area contributed by atoms with Gasteiger partial charge in [-0.25, -0.2) is 0 Å². The molecule has 0 spiro atoms. The van der Waals surface area contributed by atoms with E-state index in [-0.39, 0.29) is 5.78 Å². The minimum Gasteiger partial charge on any atom is -0.382 e. The van der Waals surface area contributed by atoms with E-state index in [0.29, 0.717) is 5.56 Å². The first kappa shape index (κ1) is 10.1. The van der Waals surface area contributed by atoms with Gasteiger partial charge in [0.15, 0.2) is 5.78 Å². The Balaban J connectivity index is 2.51. The Morgan fingerprint density at radius 1 is 1.40 bits per heavy atom. The Morgan fingerprint density at radius 2 is 2.13 bits per heavy atom. The van der Waals surface area contributed by atoms with Gasteiger partial charge in [0, 0.05) is 5.56 Å². The summed E-state index contributed by atoms with van der Waals surface area (Å²) in [4.78, 5) is 11.9. The molecule has 2 heteroatoms. The van der Waals surface area contributed by atoms with Crippen molar-refractivity contribution < 1.29 is 9.90 Å². The van der Waals surface area contributed by atoms with E-state index in [0.717, 1.165) is 17.5 Å². The number of aliphatic hydroxyl groups is 1. The van der Waals surface area contributed by atoms with E-state index >= 15 is 0 Å². The summed E-state index contributed by atoms with van der Waals surface area (Å²) in [5.41, 5.74) is 1.44. The lowest BCUT2D eigenvalue weighted by atomic mass is 9.92. The fraction of sp³-hybridized carbons (Fsp3) is 0.308. The number of ketones is 1. The van der Waals surface area contributed by atoms with Gasteiger partial charge in [0.25, 0.3) is 0 Å². The van der Waals surface area contributed by atoms with Crippen LogP contribution in [0.5, 0.6) is 0 Å². The highest BCUT2D eigenvalue weighted by Crippen LogP contribution is 2.26. The van der Waals surface area contributed by atoms with E-state index in [1.807, 2.05) is 24.3 Å². The van der Waals surface area contributed by atoms with Crippen molar-refractivity contribution in [3.05, 3.63) is 41.0 Å². The van der Waals surface area contributed by atoms with Crippen molar-refractivity contribution in [1.82, 2.24) is 0 Å². The Kier molecular flexibility index (Phi) is 2.24. The highest BCUT2D eigenvalue weighted by Gasteiger charge is 2.27. The molecule has 0 bridgehead atoms. The van der Waals surface area contributed by atoms with Crippen LogP contribution in [0.25, 0.3) is 6.08 Å². The van der Waals surface area contributed by atoms with E-state index < -0.39 is 5.60 Å². The van der Waals surface area contributed by atoms with Gasteiger partial charge in [-0.05, 0) is 31.4 Å². The number of hydrogen-bond donors (Lipinski definition) is 1. The van der Waals surface area contributed by atoms with Crippen molar-refractivity contribution in [1.29, 1.82) is 0 Å². The molecule has 0 aliphatic heterocycles. The second-order valence-corrected chi connectivity index (χ2v) is 4.37. The van der Waals surface area contributed by atoms with Crippen LogP contribution in [-0.4, -0.2) is 16.5 Å². The molecule has 2 nitrogen and oxygen atoms in total. The zero-order chi connectivity index (χ0) is 11.1. The van der Waals surface area contributed by atoms with Gasteiger partial charge in [-0.15, -0.1) is 0 Å². The average Bonchev–Trinajstić information content (AvgIpc) is 2.62. The van der Waals surface area contributed by atoms with Crippen LogP contribution in [0, 0.1) is 0 Å². The first-order chi connectivity index (χ1) is 7.00. The molecule has 15 heavy (non-hydrogen) atoms. The van der Waals surface area contributed by atoms with E-state index in [4.69, 9.17) is 0 Å². The molecule has 0 saturated heterocycles. The lowest BCUT2D eigenvalue weighted by Gasteiger charge is -2.17. The van der Waals surface area contributed by atoms with Gasteiger partial charge in [-0.3, -0.25) is 4.79 Å². The molecule has 0 aromatic heterocycles. The van der Waals surface area contributed by atoms with Crippen LogP contribution < -0.4 is 0 Å². The van der Waals surface area contributed by atoms with Gasteiger partial charge in [0.05, 0.1) is 0 Å². The molecule has 0 saturated carbocycles. The largest absolute Gasteiger partial charge is 0.382 e. The van der Waals surface area contributed by atoms with E-state index in [1.165, 1.54) is 13.8 Å². The summed E-state index contributed by atoms with van der Waals surface area (Å²) >= 11 is 0. The second kappa shape index (κ2) is 3.31. The van der Waals surface area contributed by atoms with Crippen LogP contribution in [0.4, 0.5) is 0 Å². The molecule has 0 fully saturated rings. The monoisotopic (exact) mass is 202 g/mol. The van der Waals surface area contributed by atoms with Crippen molar-refractivity contribution in [2.45, 2.75) is 25.9 Å². The number of Topliss-reactive ketones (excluding diaryl/α,β-unsaturated/α-hetero) is 1. The Hall–Kier alpha value is -1.41. The molecule has 1 aromatic carbocycles. The maximum absolute atomic E-state index is 11.9. The SMILES string of the molecule is CC(C)(O)C(=O)c1cccc2c1C=CC2. The number of benzene rings is 1. The van der Waals surface area contributed by atoms with Gasteiger partial charge in [-0.1, -0.05) is 30.4 Å². The summed E-state index contributed by atoms with van der Waals surface area (Å²) in [5.74, 6) is -0.217. The fourth-order valence-electron chi connectivity index (χ4n) is 1.82. The normalized spacial score (nSPS) is 14.1. The molecule has 0 amide bonds. The van der Waals surface area contributed by atoms with Gasteiger partial charge < -0.3 is 5.11 Å². The molecule has 0 atom stereocenters. The van der Waals surface area contributed by atoms with E-state index in [9.17, 15) is 9.90 Å². The molecular formula is C13H14O2. The number of carbonyl (C=O) groups excluding carboxylic acids is 1. The first-order valence-electron chi connectivity index (χ1n) is 5.06. The van der Waals surface area contributed by atoms with Crippen molar-refractivity contribution in [2.75, 3.05) is 0 Å². The predicted molar refractivity (Wildman–Crippen MR) is 59.8 cm³/mol. The van der Waals surface area contributed by atoms with Crippen LogP contribution in [0.1, 0.15) is 35.3 Å². The summed E-state index contributed by atoms with van der Waals surface area (Å²) in [5, 5.41) is 9.70. The minimum absolute atomic E-state index is 0.217. The average molecular weight is 202 g/mol. The molecule has 0 radical (unpaired) electrons. The topological polar surface area (TPSA) is 37.3 Å². The number of allylic oxidation sites excluding steroid dienone is 1. The maximum atomic E-state index is 11.9. The third-order valence-electron chi connectivity index (χ3n) is 2.62. The lowest BCUT2D eigenvalue weighted by molar-refractivity contribution is 0.0487. The van der Waals surface area contributed by atoms with Crippen LogP contribution in [0.15, 0.2) is 24.3 Å². The summed E-state index contributed by atoms with van der Waals surface area (Å²) in [6.07, 6.45) is 4.86. The highest BCUT2D eigenvalue weighted by atomic mass is 16.3. The van der Waals surface area contributed by atoms with Gasteiger partial charge in [0.2, 0.25) is 0 Å². The third kappa shape index (κ3) is 1.73. The quantitative estimate of drug-likeness (QED) is 0.746. The van der Waals surface area contributed by atoms with Gasteiger partial charge in [0.1, 0.15) is 5.60 Å². The summed E-state index contributed by atoms with van der Waals surface area (Å²) in [7, 11) is 0. The van der Waals surface area contributed by atoms with Crippen LogP contribution in [0.3, 0.4) is 0 Å². The summed E-state index contributed by atoms with van der Waals surface area (Å²) < 4.78 is 0. The zero-order valence-electron chi connectivity index (χ0n) is 8.95. The van der Waals surface area contributed by atoms with Crippen molar-refractivity contribution >= 4 is 11.9 Å². The number of hydrogen-bond acceptors (Lipinski definition) is 2. The van der Waals surface area contributed by atoms with Crippen LogP contribution in [-0.2, 0) is 6.42 Å². The van der Waals surface area contributed by atoms with Crippen LogP contribution in [0.2, 0.25) is 0 Å². The molecule has 0 unspecified atom stereocenters. The number of rotatable bonds is 2. The molecule has 78 valence electrons. The van der Waals surface area contributed by atoms with Gasteiger partial charge in [-0.2, -0.15) is 0 Å². The number of carbonyl (C=O) groups is 1. The maximum Gasteiger partial charge on any atom is 0.194 e. The summed E-state index contributed by atoms with van der Waals surface area (Å²) in [6, 6.07) is 5.65. The minimum atomic E-state index is -1.30. The van der Waals surface area contributed by atoms with E-state index in [1.54, 1.807) is 6.07 Å². The van der Waals surface area contributed by atoms with Crippen molar-refractivity contribution in [2.24, 2.45) is 0 Å². The van der Waals surface area contributed by atoms with Crippen molar-refractivity contribution in [3.8, 4) is 0 Å². The Labute approximate surface area is 89.2 Å². The molecule has 0 heterocycles. The smallest absolute Gasteiger partial charge is 0.194 e. The lowest BCUT2D eigenvalue weighted by Crippen LogP contribution is -2.31. The second-order valence-electron chi connectivity index (χ2n) is 4.37. The fourth-order valence-corrected chi connectivity index (χ4v) is 1.82. The zero-order valence-corrected chi connectivity index (χ0v) is 8.95. The Bertz CT molecular complexity index is 436.